The molecule has 5 nitrogen and oxygen atoms in total. The van der Waals surface area contributed by atoms with Crippen molar-refractivity contribution >= 4 is 15.7 Å². The van der Waals surface area contributed by atoms with E-state index in [4.69, 9.17) is 5.73 Å². The van der Waals surface area contributed by atoms with Crippen LogP contribution in [0.4, 0.5) is 5.69 Å². The molecule has 0 aromatic heterocycles. The lowest BCUT2D eigenvalue weighted by Crippen LogP contribution is -2.34. The maximum atomic E-state index is 11.9. The van der Waals surface area contributed by atoms with Crippen LogP contribution in [0, 0.1) is 5.41 Å². The molecule has 0 aliphatic heterocycles. The maximum absolute atomic E-state index is 11.9. The number of anilines is 1. The molecule has 1 aromatic carbocycles. The van der Waals surface area contributed by atoms with Gasteiger partial charge in [-0.3, -0.25) is 0 Å². The largest absolute Gasteiger partial charge is 0.384 e. The van der Waals surface area contributed by atoms with Crippen molar-refractivity contribution in [3.8, 4) is 0 Å². The molecule has 1 saturated carbocycles. The molecule has 0 unspecified atom stereocenters. The quantitative estimate of drug-likeness (QED) is 0.718. The van der Waals surface area contributed by atoms with Crippen molar-refractivity contribution in [3.05, 3.63) is 24.3 Å². The first-order valence-corrected chi connectivity index (χ1v) is 9.03. The molecule has 1 fully saturated rings. The summed E-state index contributed by atoms with van der Waals surface area (Å²) >= 11 is 0. The van der Waals surface area contributed by atoms with Gasteiger partial charge in [-0.1, -0.05) is 19.8 Å². The smallest absolute Gasteiger partial charge is 0.240 e. The van der Waals surface area contributed by atoms with Crippen molar-refractivity contribution in [3.63, 3.8) is 0 Å². The first-order chi connectivity index (χ1) is 10.0. The van der Waals surface area contributed by atoms with E-state index in [9.17, 15) is 8.42 Å². The molecule has 21 heavy (non-hydrogen) atoms. The van der Waals surface area contributed by atoms with Gasteiger partial charge in [-0.25, -0.2) is 13.1 Å². The lowest BCUT2D eigenvalue weighted by Gasteiger charge is -2.28. The average molecular weight is 311 g/mol. The zero-order valence-electron chi connectivity index (χ0n) is 12.6. The predicted molar refractivity (Wildman–Crippen MR) is 85.7 cm³/mol. The molecule has 1 aromatic rings. The molecular weight excluding hydrogens is 286 g/mol. The Morgan fingerprint density at radius 2 is 1.81 bits per heavy atom. The molecule has 0 saturated heterocycles. The van der Waals surface area contributed by atoms with E-state index < -0.39 is 10.0 Å². The molecule has 0 amide bonds. The second-order valence-corrected chi connectivity index (χ2v) is 7.56. The fourth-order valence-electron chi connectivity index (χ4n) is 2.89. The van der Waals surface area contributed by atoms with Crippen LogP contribution in [0.15, 0.2) is 29.2 Å². The van der Waals surface area contributed by atoms with Crippen LogP contribution in [0.1, 0.15) is 32.6 Å². The lowest BCUT2D eigenvalue weighted by molar-refractivity contribution is 0.332. The molecule has 118 valence electrons. The van der Waals surface area contributed by atoms with Crippen molar-refractivity contribution < 1.29 is 8.42 Å². The minimum atomic E-state index is -3.37. The van der Waals surface area contributed by atoms with Crippen LogP contribution in [0.3, 0.4) is 0 Å². The van der Waals surface area contributed by atoms with E-state index >= 15 is 0 Å². The summed E-state index contributed by atoms with van der Waals surface area (Å²) in [5, 5.41) is 3.39. The number of nitrogens with one attached hydrogen (secondary N) is 2. The third-order valence-corrected chi connectivity index (χ3v) is 5.83. The van der Waals surface area contributed by atoms with Gasteiger partial charge in [-0.15, -0.1) is 0 Å². The predicted octanol–water partition coefficient (Wildman–Crippen LogP) is 1.92. The van der Waals surface area contributed by atoms with Crippen LogP contribution in [-0.2, 0) is 10.0 Å². The van der Waals surface area contributed by atoms with Crippen LogP contribution >= 0.6 is 0 Å². The molecule has 0 bridgehead atoms. The number of benzene rings is 1. The fourth-order valence-corrected chi connectivity index (χ4v) is 3.93. The SMILES string of the molecule is CCNS(=O)(=O)c1ccc(NCC2(CN)CCCC2)cc1. The van der Waals surface area contributed by atoms with Gasteiger partial charge < -0.3 is 11.1 Å². The van der Waals surface area contributed by atoms with Gasteiger partial charge in [0.15, 0.2) is 0 Å². The Labute approximate surface area is 127 Å². The third kappa shape index (κ3) is 3.96. The fraction of sp³-hybridized carbons (Fsp3) is 0.600. The summed E-state index contributed by atoms with van der Waals surface area (Å²) in [7, 11) is -3.37. The molecule has 2 rings (SSSR count). The van der Waals surface area contributed by atoms with E-state index in [-0.39, 0.29) is 5.41 Å². The van der Waals surface area contributed by atoms with Gasteiger partial charge in [0, 0.05) is 18.8 Å². The summed E-state index contributed by atoms with van der Waals surface area (Å²) in [5.41, 5.74) is 7.06. The molecule has 1 aliphatic carbocycles. The summed E-state index contributed by atoms with van der Waals surface area (Å²) in [4.78, 5) is 0.296. The number of nitrogens with two attached hydrogens (primary N) is 1. The number of hydrogen-bond donors (Lipinski definition) is 3. The zero-order chi connectivity index (χ0) is 15.3. The van der Waals surface area contributed by atoms with E-state index in [0.717, 1.165) is 12.2 Å². The first-order valence-electron chi connectivity index (χ1n) is 7.55. The Morgan fingerprint density at radius 1 is 1.19 bits per heavy atom. The van der Waals surface area contributed by atoms with Gasteiger partial charge in [0.2, 0.25) is 10.0 Å². The van der Waals surface area contributed by atoms with Gasteiger partial charge in [-0.05, 0) is 49.1 Å². The Kier molecular flexibility index (Phi) is 5.24. The Hall–Kier alpha value is -1.11. The second kappa shape index (κ2) is 6.77. The van der Waals surface area contributed by atoms with Crippen molar-refractivity contribution in [2.45, 2.75) is 37.5 Å². The lowest BCUT2D eigenvalue weighted by atomic mass is 9.86. The topological polar surface area (TPSA) is 84.2 Å². The number of hydrogen-bond acceptors (Lipinski definition) is 4. The summed E-state index contributed by atoms with van der Waals surface area (Å²) in [6.45, 7) is 3.71. The van der Waals surface area contributed by atoms with Crippen molar-refractivity contribution in [1.29, 1.82) is 0 Å². The summed E-state index contributed by atoms with van der Waals surface area (Å²) in [6.07, 6.45) is 4.84. The maximum Gasteiger partial charge on any atom is 0.240 e. The first kappa shape index (κ1) is 16.3. The Morgan fingerprint density at radius 3 is 2.33 bits per heavy atom. The minimum absolute atomic E-state index is 0.203. The van der Waals surface area contributed by atoms with E-state index in [1.165, 1.54) is 25.7 Å². The monoisotopic (exact) mass is 311 g/mol. The van der Waals surface area contributed by atoms with Crippen LogP contribution in [-0.4, -0.2) is 28.1 Å². The van der Waals surface area contributed by atoms with Gasteiger partial charge in [0.25, 0.3) is 0 Å². The molecule has 0 radical (unpaired) electrons. The molecule has 6 heteroatoms. The molecule has 4 N–H and O–H groups in total. The highest BCUT2D eigenvalue weighted by atomic mass is 32.2. The van der Waals surface area contributed by atoms with E-state index in [2.05, 4.69) is 10.0 Å². The molecular formula is C15H25N3O2S. The van der Waals surface area contributed by atoms with Gasteiger partial charge in [0.1, 0.15) is 0 Å². The minimum Gasteiger partial charge on any atom is -0.384 e. The molecule has 0 atom stereocenters. The van der Waals surface area contributed by atoms with E-state index in [1.807, 2.05) is 12.1 Å². The summed E-state index contributed by atoms with van der Waals surface area (Å²) in [5.74, 6) is 0. The zero-order valence-corrected chi connectivity index (χ0v) is 13.4. The Bertz CT molecular complexity index is 549. The van der Waals surface area contributed by atoms with Crippen LogP contribution in [0.2, 0.25) is 0 Å². The second-order valence-electron chi connectivity index (χ2n) is 5.79. The number of sulfonamides is 1. The van der Waals surface area contributed by atoms with E-state index in [0.29, 0.717) is 18.0 Å². The highest BCUT2D eigenvalue weighted by Gasteiger charge is 2.32. The third-order valence-electron chi connectivity index (χ3n) is 4.26. The normalized spacial score (nSPS) is 17.8. The van der Waals surface area contributed by atoms with E-state index in [1.54, 1.807) is 19.1 Å². The summed E-state index contributed by atoms with van der Waals surface area (Å²) < 4.78 is 26.2. The standard InChI is InChI=1S/C15H25N3O2S/c1-2-18-21(19,20)14-7-5-13(6-8-14)17-12-15(11-16)9-3-4-10-15/h5-8,17-18H,2-4,9-12,16H2,1H3. The molecule has 0 spiro atoms. The summed E-state index contributed by atoms with van der Waals surface area (Å²) in [6, 6.07) is 6.88. The van der Waals surface area contributed by atoms with Crippen LogP contribution in [0.25, 0.3) is 0 Å². The average Bonchev–Trinajstić information content (AvgIpc) is 2.95. The van der Waals surface area contributed by atoms with Crippen LogP contribution < -0.4 is 15.8 Å². The molecule has 1 aliphatic rings. The highest BCUT2D eigenvalue weighted by Crippen LogP contribution is 2.37. The van der Waals surface area contributed by atoms with Crippen molar-refractivity contribution in [1.82, 2.24) is 4.72 Å². The Balaban J connectivity index is 2.00. The van der Waals surface area contributed by atoms with Crippen molar-refractivity contribution in [2.75, 3.05) is 25.0 Å². The van der Waals surface area contributed by atoms with Gasteiger partial charge in [-0.2, -0.15) is 0 Å². The van der Waals surface area contributed by atoms with Gasteiger partial charge in [0.05, 0.1) is 4.90 Å². The highest BCUT2D eigenvalue weighted by molar-refractivity contribution is 7.89. The number of rotatable bonds is 7. The van der Waals surface area contributed by atoms with Crippen LogP contribution in [0.5, 0.6) is 0 Å². The van der Waals surface area contributed by atoms with Crippen molar-refractivity contribution in [2.24, 2.45) is 11.1 Å². The molecule has 0 heterocycles. The van der Waals surface area contributed by atoms with Gasteiger partial charge >= 0.3 is 0 Å².